The smallest absolute Gasteiger partial charge is 0.346 e. The fourth-order valence-corrected chi connectivity index (χ4v) is 7.14. The Labute approximate surface area is 238 Å². The largest absolute Gasteiger partial charge is 0.497 e. The molecule has 0 unspecified atom stereocenters. The number of esters is 2. The Bertz CT molecular complexity index is 1400. The van der Waals surface area contributed by atoms with Crippen LogP contribution in [0.4, 0.5) is 10.1 Å². The molecule has 0 bridgehead atoms. The quantitative estimate of drug-likeness (QED) is 0.257. The second-order valence-electron chi connectivity index (χ2n) is 8.75. The highest BCUT2D eigenvalue weighted by Gasteiger charge is 2.46. The zero-order valence-electron chi connectivity index (χ0n) is 21.7. The fourth-order valence-electron chi connectivity index (χ4n) is 4.11. The summed E-state index contributed by atoms with van der Waals surface area (Å²) in [4.78, 5) is 40.7. The first kappa shape index (κ1) is 28.7. The van der Waals surface area contributed by atoms with E-state index in [1.807, 2.05) is 0 Å². The third-order valence-electron chi connectivity index (χ3n) is 6.02. The van der Waals surface area contributed by atoms with Gasteiger partial charge in [-0.05, 0) is 50.2 Å². The van der Waals surface area contributed by atoms with Gasteiger partial charge in [-0.3, -0.25) is 9.69 Å². The highest BCUT2D eigenvalue weighted by Crippen LogP contribution is 2.56. The van der Waals surface area contributed by atoms with E-state index in [1.54, 1.807) is 36.9 Å². The molecular formula is C27H24FNO7S3. The lowest BCUT2D eigenvalue weighted by molar-refractivity contribution is -0.138. The number of carbonyl (C=O) groups excluding carboxylic acids is 3. The van der Waals surface area contributed by atoms with E-state index in [-0.39, 0.29) is 22.3 Å². The van der Waals surface area contributed by atoms with Gasteiger partial charge in [0.05, 0.1) is 41.7 Å². The van der Waals surface area contributed by atoms with Crippen LogP contribution < -0.4 is 14.4 Å². The zero-order valence-corrected chi connectivity index (χ0v) is 24.1. The van der Waals surface area contributed by atoms with Crippen molar-refractivity contribution in [3.63, 3.8) is 0 Å². The number of thioether (sulfide) groups is 2. The molecule has 204 valence electrons. The molecule has 2 aliphatic heterocycles. The van der Waals surface area contributed by atoms with Crippen molar-refractivity contribution in [3.05, 3.63) is 67.9 Å². The second kappa shape index (κ2) is 11.4. The van der Waals surface area contributed by atoms with Gasteiger partial charge in [0.25, 0.3) is 5.91 Å². The number of methoxy groups -OCH3 is 3. The average Bonchev–Trinajstić information content (AvgIpc) is 3.37. The van der Waals surface area contributed by atoms with E-state index in [9.17, 15) is 18.8 Å². The highest BCUT2D eigenvalue weighted by atomic mass is 32.2. The van der Waals surface area contributed by atoms with Crippen LogP contribution >= 0.6 is 35.7 Å². The summed E-state index contributed by atoms with van der Waals surface area (Å²) in [5.74, 6) is -1.30. The van der Waals surface area contributed by atoms with Gasteiger partial charge in [-0.2, -0.15) is 0 Å². The molecule has 39 heavy (non-hydrogen) atoms. The molecule has 2 aliphatic rings. The molecule has 2 heterocycles. The number of hydrogen-bond donors (Lipinski definition) is 0. The van der Waals surface area contributed by atoms with E-state index in [0.29, 0.717) is 37.4 Å². The zero-order chi connectivity index (χ0) is 28.5. The Balaban J connectivity index is 1.80. The van der Waals surface area contributed by atoms with Gasteiger partial charge in [-0.1, -0.05) is 35.7 Å². The van der Waals surface area contributed by atoms with Gasteiger partial charge < -0.3 is 18.9 Å². The maximum absolute atomic E-state index is 13.6. The van der Waals surface area contributed by atoms with Crippen LogP contribution in [0.15, 0.2) is 56.5 Å². The maximum Gasteiger partial charge on any atom is 0.346 e. The topological polar surface area (TPSA) is 91.4 Å². The number of fused-ring (bicyclic) bond motifs is 1. The number of thiocarbonyl (C=S) groups is 1. The molecule has 1 amide bonds. The number of halogens is 1. The Hall–Kier alpha value is -3.35. The molecule has 0 fully saturated rings. The standard InChI is InChI=1S/C27H24FNO7S3/c1-27(2)23(37)20(26-38-21(24(31)34-4)22(39-26)25(32)35-5)17-11-10-16(33-3)12-18(17)29(27)19(30)13-36-15-8-6-14(28)7-9-15/h6-12H,13H2,1-5H3. The molecule has 0 saturated carbocycles. The van der Waals surface area contributed by atoms with Crippen LogP contribution in [0.3, 0.4) is 0 Å². The van der Waals surface area contributed by atoms with Crippen LogP contribution in [0.2, 0.25) is 0 Å². The first-order chi connectivity index (χ1) is 18.5. The lowest BCUT2D eigenvalue weighted by atomic mass is 9.83. The van der Waals surface area contributed by atoms with E-state index >= 15 is 0 Å². The van der Waals surface area contributed by atoms with Crippen LogP contribution in [0.1, 0.15) is 19.4 Å². The third-order valence-corrected chi connectivity index (χ3v) is 9.29. The minimum atomic E-state index is -1.03. The van der Waals surface area contributed by atoms with Crippen molar-refractivity contribution >= 4 is 69.7 Å². The second-order valence-corrected chi connectivity index (χ2v) is 11.5. The molecule has 8 nitrogen and oxygen atoms in total. The minimum Gasteiger partial charge on any atom is -0.497 e. The Morgan fingerprint density at radius 3 is 2.03 bits per heavy atom. The van der Waals surface area contributed by atoms with E-state index in [4.69, 9.17) is 31.2 Å². The van der Waals surface area contributed by atoms with Crippen LogP contribution in [0, 0.1) is 5.82 Å². The van der Waals surface area contributed by atoms with Gasteiger partial charge in [0, 0.05) is 17.2 Å². The van der Waals surface area contributed by atoms with Gasteiger partial charge in [0.1, 0.15) is 27.1 Å². The molecule has 0 N–H and O–H groups in total. The molecule has 4 rings (SSSR count). The predicted molar refractivity (Wildman–Crippen MR) is 152 cm³/mol. The lowest BCUT2D eigenvalue weighted by Crippen LogP contribution is -2.57. The summed E-state index contributed by atoms with van der Waals surface area (Å²) in [5, 5.41) is 0. The van der Waals surface area contributed by atoms with E-state index < -0.39 is 23.3 Å². The number of hydrogen-bond acceptors (Lipinski definition) is 10. The van der Waals surface area contributed by atoms with Gasteiger partial charge in [0.2, 0.25) is 0 Å². The number of nitrogens with zero attached hydrogens (tertiary/aromatic N) is 1. The van der Waals surface area contributed by atoms with Gasteiger partial charge in [-0.25, -0.2) is 14.0 Å². The molecule has 0 aromatic heterocycles. The predicted octanol–water partition coefficient (Wildman–Crippen LogP) is 5.11. The average molecular weight is 590 g/mol. The fraction of sp³-hybridized carbons (Fsp3) is 0.259. The molecule has 2 aromatic rings. The first-order valence-corrected chi connectivity index (χ1v) is 13.5. The monoisotopic (exact) mass is 589 g/mol. The maximum atomic E-state index is 13.6. The third kappa shape index (κ3) is 5.41. The summed E-state index contributed by atoms with van der Waals surface area (Å²) >= 11 is 8.08. The molecule has 0 radical (unpaired) electrons. The Morgan fingerprint density at radius 2 is 1.49 bits per heavy atom. The number of anilines is 1. The van der Waals surface area contributed by atoms with Crippen LogP contribution in [0.5, 0.6) is 11.5 Å². The van der Waals surface area contributed by atoms with Crippen molar-refractivity contribution in [2.75, 3.05) is 32.8 Å². The van der Waals surface area contributed by atoms with Crippen molar-refractivity contribution in [2.24, 2.45) is 0 Å². The molecule has 2 aromatic carbocycles. The number of benzene rings is 2. The minimum absolute atomic E-state index is 0.0960. The Kier molecular flexibility index (Phi) is 8.38. The van der Waals surface area contributed by atoms with E-state index in [2.05, 4.69) is 0 Å². The van der Waals surface area contributed by atoms with Crippen molar-refractivity contribution < 1.29 is 37.7 Å². The number of carbonyl (C=O) groups is 3. The number of ether oxygens (including phenoxy) is 4. The van der Waals surface area contributed by atoms with Crippen molar-refractivity contribution in [1.82, 2.24) is 0 Å². The summed E-state index contributed by atoms with van der Waals surface area (Å²) in [6, 6.07) is 10.6. The molecule has 0 atom stereocenters. The molecule has 0 saturated heterocycles. The van der Waals surface area contributed by atoms with E-state index in [1.165, 1.54) is 45.6 Å². The first-order valence-electron chi connectivity index (χ1n) is 11.5. The molecule has 12 heteroatoms. The number of rotatable bonds is 6. The number of amides is 1. The van der Waals surface area contributed by atoms with Crippen molar-refractivity contribution in [1.29, 1.82) is 0 Å². The van der Waals surface area contributed by atoms with Crippen LogP contribution in [-0.4, -0.2) is 56.2 Å². The van der Waals surface area contributed by atoms with Gasteiger partial charge in [-0.15, -0.1) is 0 Å². The highest BCUT2D eigenvalue weighted by molar-refractivity contribution is 8.29. The summed E-state index contributed by atoms with van der Waals surface area (Å²) in [7, 11) is 3.98. The summed E-state index contributed by atoms with van der Waals surface area (Å²) < 4.78 is 34.7. The lowest BCUT2D eigenvalue weighted by Gasteiger charge is -2.45. The van der Waals surface area contributed by atoms with Crippen LogP contribution in [0.25, 0.3) is 5.57 Å². The van der Waals surface area contributed by atoms with Crippen molar-refractivity contribution in [3.8, 4) is 11.5 Å². The van der Waals surface area contributed by atoms with Gasteiger partial charge >= 0.3 is 11.9 Å². The summed E-state index contributed by atoms with van der Waals surface area (Å²) in [6.45, 7) is 3.27. The molecule has 0 aliphatic carbocycles. The Morgan fingerprint density at radius 1 is 0.923 bits per heavy atom. The van der Waals surface area contributed by atoms with E-state index in [0.717, 1.165) is 23.5 Å². The van der Waals surface area contributed by atoms with Crippen molar-refractivity contribution in [2.45, 2.75) is 19.4 Å². The van der Waals surface area contributed by atoms with Crippen LogP contribution in [-0.2, 0) is 23.9 Å². The SMILES string of the molecule is COC(=O)C1=C(C(=O)OC)SC(=C2C(=S)C(C)(C)N(C(=O)COc3ccc(F)cc3)c3cc(OC)ccc32)S1. The molecule has 0 spiro atoms. The summed E-state index contributed by atoms with van der Waals surface area (Å²) in [5.41, 5.74) is 0.698. The molecular weight excluding hydrogens is 565 g/mol. The summed E-state index contributed by atoms with van der Waals surface area (Å²) in [6.07, 6.45) is 0. The van der Waals surface area contributed by atoms with Gasteiger partial charge in [0.15, 0.2) is 6.61 Å². The normalized spacial score (nSPS) is 16.2.